The van der Waals surface area contributed by atoms with E-state index in [2.05, 4.69) is 13.8 Å². The van der Waals surface area contributed by atoms with E-state index in [0.717, 1.165) is 23.7 Å². The first-order valence-corrected chi connectivity index (χ1v) is 9.74. The molecule has 0 radical (unpaired) electrons. The molecule has 2 aliphatic rings. The molecule has 20 heavy (non-hydrogen) atoms. The highest BCUT2D eigenvalue weighted by Crippen LogP contribution is 2.35. The molecule has 0 bridgehead atoms. The predicted molar refractivity (Wildman–Crippen MR) is 89.9 cm³/mol. The van der Waals surface area contributed by atoms with Crippen LogP contribution < -0.4 is 0 Å². The Morgan fingerprint density at radius 1 is 0.700 bits per heavy atom. The van der Waals surface area contributed by atoms with Gasteiger partial charge < -0.3 is 0 Å². The lowest BCUT2D eigenvalue weighted by Gasteiger charge is -2.22. The van der Waals surface area contributed by atoms with Crippen LogP contribution in [0.15, 0.2) is 0 Å². The molecule has 0 heterocycles. The van der Waals surface area contributed by atoms with E-state index in [1.54, 1.807) is 0 Å². The average Bonchev–Trinajstić information content (AvgIpc) is 3.27. The van der Waals surface area contributed by atoms with Gasteiger partial charge >= 0.3 is 0 Å². The van der Waals surface area contributed by atoms with Crippen molar-refractivity contribution in [1.29, 1.82) is 0 Å². The summed E-state index contributed by atoms with van der Waals surface area (Å²) in [7, 11) is 0. The molecule has 0 heteroatoms. The van der Waals surface area contributed by atoms with Gasteiger partial charge in [-0.15, -0.1) is 0 Å². The summed E-state index contributed by atoms with van der Waals surface area (Å²) in [6, 6.07) is 0. The van der Waals surface area contributed by atoms with Crippen LogP contribution in [0.1, 0.15) is 104 Å². The SMILES string of the molecule is CC(CCCCC1CCCCC1)CC(C)CCC1CC1. The van der Waals surface area contributed by atoms with Gasteiger partial charge in [0.05, 0.1) is 0 Å². The molecule has 0 amide bonds. The average molecular weight is 279 g/mol. The van der Waals surface area contributed by atoms with E-state index in [0.29, 0.717) is 0 Å². The van der Waals surface area contributed by atoms with Crippen LogP contribution in [0.25, 0.3) is 0 Å². The summed E-state index contributed by atoms with van der Waals surface area (Å²) in [6.07, 6.45) is 21.2. The van der Waals surface area contributed by atoms with Gasteiger partial charge in [-0.25, -0.2) is 0 Å². The van der Waals surface area contributed by atoms with Gasteiger partial charge in [-0.2, -0.15) is 0 Å². The molecule has 0 aromatic carbocycles. The van der Waals surface area contributed by atoms with Crippen molar-refractivity contribution in [3.63, 3.8) is 0 Å². The lowest BCUT2D eigenvalue weighted by atomic mass is 9.84. The molecule has 2 unspecified atom stereocenters. The largest absolute Gasteiger partial charge is 0.0625 e. The molecule has 0 aliphatic heterocycles. The highest BCUT2D eigenvalue weighted by Gasteiger charge is 2.21. The van der Waals surface area contributed by atoms with Crippen LogP contribution in [0.4, 0.5) is 0 Å². The second-order valence-corrected chi connectivity index (χ2v) is 8.26. The Morgan fingerprint density at radius 3 is 2.05 bits per heavy atom. The third-order valence-corrected chi connectivity index (χ3v) is 5.85. The molecule has 118 valence electrons. The Bertz CT molecular complexity index is 234. The van der Waals surface area contributed by atoms with E-state index in [1.807, 2.05) is 0 Å². The van der Waals surface area contributed by atoms with Crippen molar-refractivity contribution in [2.24, 2.45) is 23.7 Å². The zero-order valence-corrected chi connectivity index (χ0v) is 14.2. The van der Waals surface area contributed by atoms with Gasteiger partial charge in [0.1, 0.15) is 0 Å². The minimum atomic E-state index is 0.968. The van der Waals surface area contributed by atoms with Crippen molar-refractivity contribution < 1.29 is 0 Å². The summed E-state index contributed by atoms with van der Waals surface area (Å²) in [4.78, 5) is 0. The summed E-state index contributed by atoms with van der Waals surface area (Å²) < 4.78 is 0. The molecule has 0 nitrogen and oxygen atoms in total. The maximum absolute atomic E-state index is 2.49. The Labute approximate surface area is 128 Å². The van der Waals surface area contributed by atoms with Crippen molar-refractivity contribution in [1.82, 2.24) is 0 Å². The predicted octanol–water partition coefficient (Wildman–Crippen LogP) is 6.98. The Morgan fingerprint density at radius 2 is 1.35 bits per heavy atom. The molecule has 2 saturated carbocycles. The van der Waals surface area contributed by atoms with Gasteiger partial charge in [0.2, 0.25) is 0 Å². The zero-order valence-electron chi connectivity index (χ0n) is 14.2. The smallest absolute Gasteiger partial charge is 0.0414 e. The van der Waals surface area contributed by atoms with Crippen molar-refractivity contribution >= 4 is 0 Å². The quantitative estimate of drug-likeness (QED) is 0.378. The molecule has 2 rings (SSSR count). The van der Waals surface area contributed by atoms with Gasteiger partial charge in [-0.1, -0.05) is 97.3 Å². The van der Waals surface area contributed by atoms with E-state index in [-0.39, 0.29) is 0 Å². The van der Waals surface area contributed by atoms with Crippen LogP contribution in [0.2, 0.25) is 0 Å². The van der Waals surface area contributed by atoms with Gasteiger partial charge in [0, 0.05) is 0 Å². The number of rotatable bonds is 10. The Hall–Kier alpha value is 0. The van der Waals surface area contributed by atoms with E-state index in [4.69, 9.17) is 0 Å². The number of hydrogen-bond donors (Lipinski definition) is 0. The van der Waals surface area contributed by atoms with E-state index >= 15 is 0 Å². The first-order valence-electron chi connectivity index (χ1n) is 9.74. The van der Waals surface area contributed by atoms with Gasteiger partial charge in [-0.05, 0) is 30.1 Å². The molecular formula is C20H38. The third kappa shape index (κ3) is 7.14. The van der Waals surface area contributed by atoms with Crippen molar-refractivity contribution in [3.8, 4) is 0 Å². The number of unbranched alkanes of at least 4 members (excludes halogenated alkanes) is 1. The standard InChI is InChI=1S/C20H38/c1-17(16-18(2)12-13-20-14-15-20)8-6-7-11-19-9-4-3-5-10-19/h17-20H,3-16H2,1-2H3. The molecule has 2 atom stereocenters. The fraction of sp³-hybridized carbons (Fsp3) is 1.00. The lowest BCUT2D eigenvalue weighted by molar-refractivity contribution is 0.315. The molecule has 0 N–H and O–H groups in total. The van der Waals surface area contributed by atoms with Gasteiger partial charge in [-0.3, -0.25) is 0 Å². The molecule has 2 aliphatic carbocycles. The fourth-order valence-electron chi connectivity index (χ4n) is 4.25. The van der Waals surface area contributed by atoms with E-state index in [1.165, 1.54) is 89.9 Å². The van der Waals surface area contributed by atoms with Gasteiger partial charge in [0.15, 0.2) is 0 Å². The van der Waals surface area contributed by atoms with Crippen molar-refractivity contribution in [2.45, 2.75) is 104 Å². The summed E-state index contributed by atoms with van der Waals surface area (Å²) in [5.74, 6) is 4.17. The zero-order chi connectivity index (χ0) is 14.2. The van der Waals surface area contributed by atoms with Crippen LogP contribution in [-0.4, -0.2) is 0 Å². The Balaban J connectivity index is 1.43. The molecule has 0 saturated heterocycles. The first kappa shape index (κ1) is 16.4. The molecule has 0 aromatic rings. The second-order valence-electron chi connectivity index (χ2n) is 8.26. The fourth-order valence-corrected chi connectivity index (χ4v) is 4.25. The third-order valence-electron chi connectivity index (χ3n) is 5.85. The highest BCUT2D eigenvalue weighted by molar-refractivity contribution is 4.74. The summed E-state index contributed by atoms with van der Waals surface area (Å²) in [5.41, 5.74) is 0. The van der Waals surface area contributed by atoms with Crippen LogP contribution >= 0.6 is 0 Å². The normalized spacial score (nSPS) is 23.7. The molecule has 0 aromatic heterocycles. The van der Waals surface area contributed by atoms with E-state index < -0.39 is 0 Å². The summed E-state index contributed by atoms with van der Waals surface area (Å²) in [5, 5.41) is 0. The lowest BCUT2D eigenvalue weighted by Crippen LogP contribution is -2.07. The van der Waals surface area contributed by atoms with Crippen molar-refractivity contribution in [3.05, 3.63) is 0 Å². The Kier molecular flexibility index (Phi) is 7.45. The maximum Gasteiger partial charge on any atom is -0.0414 e. The second kappa shape index (κ2) is 9.11. The monoisotopic (exact) mass is 278 g/mol. The van der Waals surface area contributed by atoms with Crippen LogP contribution in [0, 0.1) is 23.7 Å². The van der Waals surface area contributed by atoms with E-state index in [9.17, 15) is 0 Å². The van der Waals surface area contributed by atoms with Crippen LogP contribution in [-0.2, 0) is 0 Å². The molecular weight excluding hydrogens is 240 g/mol. The van der Waals surface area contributed by atoms with Crippen molar-refractivity contribution in [2.75, 3.05) is 0 Å². The summed E-state index contributed by atoms with van der Waals surface area (Å²) >= 11 is 0. The van der Waals surface area contributed by atoms with Crippen LogP contribution in [0.5, 0.6) is 0 Å². The minimum Gasteiger partial charge on any atom is -0.0625 e. The molecule has 2 fully saturated rings. The first-order chi connectivity index (χ1) is 9.74. The van der Waals surface area contributed by atoms with Gasteiger partial charge in [0.25, 0.3) is 0 Å². The minimum absolute atomic E-state index is 0.968. The maximum atomic E-state index is 2.49. The van der Waals surface area contributed by atoms with Crippen LogP contribution in [0.3, 0.4) is 0 Å². The summed E-state index contributed by atoms with van der Waals surface area (Å²) in [6.45, 7) is 4.98. The number of hydrogen-bond acceptors (Lipinski definition) is 0. The topological polar surface area (TPSA) is 0 Å². The highest BCUT2D eigenvalue weighted by atomic mass is 14.3. The molecule has 0 spiro atoms.